The second-order valence-electron chi connectivity index (χ2n) is 3.52. The van der Waals surface area contributed by atoms with Gasteiger partial charge in [0.2, 0.25) is 0 Å². The van der Waals surface area contributed by atoms with E-state index in [0.29, 0.717) is 26.1 Å². The van der Waals surface area contributed by atoms with E-state index < -0.39 is 18.1 Å². The van der Waals surface area contributed by atoms with Gasteiger partial charge in [-0.3, -0.25) is 4.79 Å². The van der Waals surface area contributed by atoms with Gasteiger partial charge in [-0.25, -0.2) is 0 Å². The molecular weight excluding hydrogens is 186 g/mol. The molecule has 1 fully saturated rings. The molecule has 0 saturated carbocycles. The van der Waals surface area contributed by atoms with Crippen LogP contribution in [-0.2, 0) is 14.3 Å². The van der Waals surface area contributed by atoms with E-state index in [2.05, 4.69) is 0 Å². The van der Waals surface area contributed by atoms with Crippen LogP contribution in [0.4, 0.5) is 0 Å². The molecule has 0 aliphatic carbocycles. The number of carbonyl (C=O) groups is 1. The van der Waals surface area contributed by atoms with Crippen LogP contribution in [0.25, 0.3) is 0 Å². The Morgan fingerprint density at radius 2 is 2.14 bits per heavy atom. The second kappa shape index (κ2) is 5.29. The zero-order valence-corrected chi connectivity index (χ0v) is 8.31. The average Bonchev–Trinajstić information content (AvgIpc) is 2.18. The predicted molar refractivity (Wildman–Crippen MR) is 49.6 cm³/mol. The summed E-state index contributed by atoms with van der Waals surface area (Å²) < 4.78 is 10.2. The van der Waals surface area contributed by atoms with E-state index in [1.807, 2.05) is 0 Å². The molecule has 0 spiro atoms. The molecule has 0 aromatic rings. The van der Waals surface area contributed by atoms with Crippen LogP contribution in [0.2, 0.25) is 0 Å². The van der Waals surface area contributed by atoms with Crippen molar-refractivity contribution in [1.29, 1.82) is 0 Å². The summed E-state index contributed by atoms with van der Waals surface area (Å²) in [7, 11) is 0. The smallest absolute Gasteiger partial charge is 0.325 e. The van der Waals surface area contributed by atoms with Crippen LogP contribution in [0, 0.1) is 0 Å². The Balaban J connectivity index is 2.31. The van der Waals surface area contributed by atoms with Crippen LogP contribution in [0.3, 0.4) is 0 Å². The highest BCUT2D eigenvalue weighted by Crippen LogP contribution is 2.11. The molecule has 3 N–H and O–H groups in total. The molecular formula is C9H17NO4. The van der Waals surface area contributed by atoms with Gasteiger partial charge in [-0.15, -0.1) is 0 Å². The summed E-state index contributed by atoms with van der Waals surface area (Å²) >= 11 is 0. The van der Waals surface area contributed by atoms with Gasteiger partial charge in [0.1, 0.15) is 12.1 Å². The van der Waals surface area contributed by atoms with E-state index in [4.69, 9.17) is 20.3 Å². The molecule has 1 saturated heterocycles. The zero-order valence-electron chi connectivity index (χ0n) is 8.31. The number of aliphatic hydroxyl groups excluding tert-OH is 1. The van der Waals surface area contributed by atoms with Crippen molar-refractivity contribution in [2.45, 2.75) is 38.0 Å². The van der Waals surface area contributed by atoms with Gasteiger partial charge in [0, 0.05) is 12.8 Å². The third-order valence-corrected chi connectivity index (χ3v) is 2.24. The van der Waals surface area contributed by atoms with Crippen LogP contribution < -0.4 is 5.73 Å². The van der Waals surface area contributed by atoms with Crippen LogP contribution in [0.1, 0.15) is 19.8 Å². The minimum Gasteiger partial charge on any atom is -0.461 e. The molecule has 1 aliphatic heterocycles. The van der Waals surface area contributed by atoms with Gasteiger partial charge in [-0.05, 0) is 6.92 Å². The van der Waals surface area contributed by atoms with Gasteiger partial charge in [0.05, 0.1) is 19.3 Å². The number of hydrogen-bond donors (Lipinski definition) is 2. The Hall–Kier alpha value is -0.650. The maximum Gasteiger partial charge on any atom is 0.325 e. The number of nitrogens with two attached hydrogens (primary N) is 1. The zero-order chi connectivity index (χ0) is 10.6. The molecule has 14 heavy (non-hydrogen) atoms. The van der Waals surface area contributed by atoms with E-state index in [1.165, 1.54) is 6.92 Å². The van der Waals surface area contributed by atoms with Crippen molar-refractivity contribution in [1.82, 2.24) is 0 Å². The number of hydrogen-bond acceptors (Lipinski definition) is 5. The molecule has 82 valence electrons. The fraction of sp³-hybridized carbons (Fsp3) is 0.889. The SMILES string of the molecule is CC(O)C(N)C(=O)OC1CCOCC1. The van der Waals surface area contributed by atoms with Crippen molar-refractivity contribution in [2.75, 3.05) is 13.2 Å². The molecule has 0 aromatic heterocycles. The minimum atomic E-state index is -0.946. The molecule has 0 aromatic carbocycles. The fourth-order valence-electron chi connectivity index (χ4n) is 1.23. The molecule has 2 unspecified atom stereocenters. The number of carbonyl (C=O) groups excluding carboxylic acids is 1. The molecule has 5 heteroatoms. The third-order valence-electron chi connectivity index (χ3n) is 2.24. The molecule has 0 bridgehead atoms. The first kappa shape index (κ1) is 11.4. The maximum absolute atomic E-state index is 11.3. The summed E-state index contributed by atoms with van der Waals surface area (Å²) in [6.45, 7) is 2.69. The van der Waals surface area contributed by atoms with Crippen LogP contribution in [0.5, 0.6) is 0 Å². The Kier molecular flexibility index (Phi) is 4.31. The van der Waals surface area contributed by atoms with E-state index in [-0.39, 0.29) is 6.10 Å². The summed E-state index contributed by atoms with van der Waals surface area (Å²) in [4.78, 5) is 11.3. The maximum atomic E-state index is 11.3. The van der Waals surface area contributed by atoms with E-state index in [9.17, 15) is 4.79 Å². The first-order valence-electron chi connectivity index (χ1n) is 4.83. The Morgan fingerprint density at radius 1 is 1.57 bits per heavy atom. The largest absolute Gasteiger partial charge is 0.461 e. The van der Waals surface area contributed by atoms with Crippen LogP contribution in [0.15, 0.2) is 0 Å². The van der Waals surface area contributed by atoms with Gasteiger partial charge in [0.15, 0.2) is 0 Å². The lowest BCUT2D eigenvalue weighted by molar-refractivity contribution is -0.157. The molecule has 1 rings (SSSR count). The lowest BCUT2D eigenvalue weighted by Crippen LogP contribution is -2.43. The van der Waals surface area contributed by atoms with Gasteiger partial charge < -0.3 is 20.3 Å². The number of rotatable bonds is 3. The van der Waals surface area contributed by atoms with Gasteiger partial charge >= 0.3 is 5.97 Å². The Bertz CT molecular complexity index is 189. The summed E-state index contributed by atoms with van der Waals surface area (Å²) in [6.07, 6.45) is 0.430. The standard InChI is InChI=1S/C9H17NO4/c1-6(11)8(10)9(12)14-7-2-4-13-5-3-7/h6-8,11H,2-5,10H2,1H3. The number of esters is 1. The van der Waals surface area contributed by atoms with Gasteiger partial charge in [0.25, 0.3) is 0 Å². The molecule has 2 atom stereocenters. The third kappa shape index (κ3) is 3.25. The second-order valence-corrected chi connectivity index (χ2v) is 3.52. The minimum absolute atomic E-state index is 0.110. The molecule has 0 radical (unpaired) electrons. The van der Waals surface area contributed by atoms with Crippen molar-refractivity contribution in [3.8, 4) is 0 Å². The lowest BCUT2D eigenvalue weighted by Gasteiger charge is -2.24. The average molecular weight is 203 g/mol. The topological polar surface area (TPSA) is 81.8 Å². The van der Waals surface area contributed by atoms with Crippen LogP contribution in [-0.4, -0.2) is 42.5 Å². The molecule has 1 aliphatic rings. The lowest BCUT2D eigenvalue weighted by atomic mass is 10.1. The Labute approximate surface area is 83.2 Å². The Morgan fingerprint density at radius 3 is 2.64 bits per heavy atom. The molecule has 0 amide bonds. The van der Waals surface area contributed by atoms with Crippen LogP contribution >= 0.6 is 0 Å². The van der Waals surface area contributed by atoms with E-state index >= 15 is 0 Å². The summed E-state index contributed by atoms with van der Waals surface area (Å²) in [5.74, 6) is -0.535. The summed E-state index contributed by atoms with van der Waals surface area (Å²) in [5.41, 5.74) is 5.42. The number of ether oxygens (including phenoxy) is 2. The fourth-order valence-corrected chi connectivity index (χ4v) is 1.23. The quantitative estimate of drug-likeness (QED) is 0.599. The van der Waals surface area contributed by atoms with Gasteiger partial charge in [-0.1, -0.05) is 0 Å². The van der Waals surface area contributed by atoms with Crippen molar-refractivity contribution in [3.05, 3.63) is 0 Å². The van der Waals surface area contributed by atoms with Crippen molar-refractivity contribution in [2.24, 2.45) is 5.73 Å². The van der Waals surface area contributed by atoms with Crippen molar-refractivity contribution < 1.29 is 19.4 Å². The molecule has 5 nitrogen and oxygen atoms in total. The summed E-state index contributed by atoms with van der Waals surface area (Å²) in [5, 5.41) is 9.07. The van der Waals surface area contributed by atoms with E-state index in [1.54, 1.807) is 0 Å². The predicted octanol–water partition coefficient (Wildman–Crippen LogP) is -0.583. The van der Waals surface area contributed by atoms with Gasteiger partial charge in [-0.2, -0.15) is 0 Å². The van der Waals surface area contributed by atoms with E-state index in [0.717, 1.165) is 0 Å². The van der Waals surface area contributed by atoms with Crippen molar-refractivity contribution >= 4 is 5.97 Å². The highest BCUT2D eigenvalue weighted by atomic mass is 16.6. The van der Waals surface area contributed by atoms with Crippen molar-refractivity contribution in [3.63, 3.8) is 0 Å². The normalized spacial score (nSPS) is 22.8. The summed E-state index contributed by atoms with van der Waals surface area (Å²) in [6, 6.07) is -0.946. The first-order valence-corrected chi connectivity index (χ1v) is 4.83. The molecule has 1 heterocycles. The monoisotopic (exact) mass is 203 g/mol. The first-order chi connectivity index (χ1) is 6.61. The number of aliphatic hydroxyl groups is 1. The highest BCUT2D eigenvalue weighted by Gasteiger charge is 2.24. The highest BCUT2D eigenvalue weighted by molar-refractivity contribution is 5.76.